The van der Waals surface area contributed by atoms with Crippen LogP contribution in [0.5, 0.6) is 5.75 Å². The highest BCUT2D eigenvalue weighted by Crippen LogP contribution is 2.31. The van der Waals surface area contributed by atoms with Crippen LogP contribution in [-0.4, -0.2) is 48.1 Å². The smallest absolute Gasteiger partial charge is 0.416 e. The Morgan fingerprint density at radius 1 is 1.25 bits per heavy atom. The number of aromatic nitrogens is 2. The Kier molecular flexibility index (Phi) is 7.37. The van der Waals surface area contributed by atoms with Crippen molar-refractivity contribution in [2.24, 2.45) is 4.99 Å². The SMILES string of the molecule is CCN(C)C=Nc1ccc2c(c1)ncn2C=C(COc1cccc(C(F)(F)F)c1)NOC. The van der Waals surface area contributed by atoms with Crippen molar-refractivity contribution in [2.45, 2.75) is 13.1 Å². The van der Waals surface area contributed by atoms with Gasteiger partial charge in [-0.05, 0) is 43.3 Å². The molecule has 3 rings (SSSR count). The van der Waals surface area contributed by atoms with Gasteiger partial charge >= 0.3 is 6.18 Å². The van der Waals surface area contributed by atoms with Crippen molar-refractivity contribution < 1.29 is 22.7 Å². The van der Waals surface area contributed by atoms with Gasteiger partial charge in [0.15, 0.2) is 0 Å². The Labute approximate surface area is 183 Å². The Bertz CT molecular complexity index is 1110. The van der Waals surface area contributed by atoms with E-state index in [2.05, 4.69) is 15.5 Å². The molecule has 0 aliphatic heterocycles. The molecule has 0 bridgehead atoms. The zero-order valence-electron chi connectivity index (χ0n) is 17.9. The lowest BCUT2D eigenvalue weighted by Gasteiger charge is -2.13. The molecule has 0 fully saturated rings. The van der Waals surface area contributed by atoms with Crippen molar-refractivity contribution in [1.29, 1.82) is 0 Å². The van der Waals surface area contributed by atoms with Crippen molar-refractivity contribution in [2.75, 3.05) is 27.3 Å². The summed E-state index contributed by atoms with van der Waals surface area (Å²) < 4.78 is 46.0. The van der Waals surface area contributed by atoms with Gasteiger partial charge in [-0.3, -0.25) is 10.3 Å². The largest absolute Gasteiger partial charge is 0.487 e. The number of hydrogen-bond donors (Lipinski definition) is 1. The summed E-state index contributed by atoms with van der Waals surface area (Å²) in [5, 5.41) is 0. The van der Waals surface area contributed by atoms with Crippen molar-refractivity contribution in [3.05, 3.63) is 60.1 Å². The number of nitrogens with one attached hydrogen (secondary N) is 1. The quantitative estimate of drug-likeness (QED) is 0.293. The average molecular weight is 447 g/mol. The molecule has 0 amide bonds. The van der Waals surface area contributed by atoms with Crippen LogP contribution in [0.25, 0.3) is 17.2 Å². The van der Waals surface area contributed by atoms with E-state index in [0.717, 1.165) is 35.4 Å². The number of fused-ring (bicyclic) bond motifs is 1. The number of benzene rings is 2. The van der Waals surface area contributed by atoms with Gasteiger partial charge < -0.3 is 14.2 Å². The normalized spacial score (nSPS) is 12.5. The Morgan fingerprint density at radius 3 is 2.78 bits per heavy atom. The highest BCUT2D eigenvalue weighted by Gasteiger charge is 2.30. The van der Waals surface area contributed by atoms with E-state index in [1.165, 1.54) is 19.2 Å². The molecule has 1 heterocycles. The van der Waals surface area contributed by atoms with Gasteiger partial charge in [-0.15, -0.1) is 0 Å². The van der Waals surface area contributed by atoms with Gasteiger partial charge in [0.25, 0.3) is 0 Å². The van der Waals surface area contributed by atoms with Gasteiger partial charge in [0.05, 0.1) is 47.8 Å². The lowest BCUT2D eigenvalue weighted by atomic mass is 10.2. The number of rotatable bonds is 9. The van der Waals surface area contributed by atoms with Gasteiger partial charge in [0.2, 0.25) is 0 Å². The summed E-state index contributed by atoms with van der Waals surface area (Å²) in [6.45, 7) is 2.84. The fourth-order valence-corrected chi connectivity index (χ4v) is 2.77. The summed E-state index contributed by atoms with van der Waals surface area (Å²) in [5.74, 6) is 0.0960. The molecule has 0 radical (unpaired) electrons. The second-order valence-corrected chi connectivity index (χ2v) is 6.92. The maximum absolute atomic E-state index is 12.9. The number of nitrogens with zero attached hydrogens (tertiary/aromatic N) is 4. The second kappa shape index (κ2) is 10.2. The summed E-state index contributed by atoms with van der Waals surface area (Å²) in [6.07, 6.45) is 0.634. The minimum atomic E-state index is -4.44. The molecule has 0 spiro atoms. The minimum Gasteiger partial charge on any atom is -0.487 e. The highest BCUT2D eigenvalue weighted by atomic mass is 19.4. The van der Waals surface area contributed by atoms with E-state index in [9.17, 15) is 13.2 Å². The van der Waals surface area contributed by atoms with Crippen LogP contribution in [0.2, 0.25) is 0 Å². The number of hydroxylamine groups is 1. The topological polar surface area (TPSA) is 63.9 Å². The van der Waals surface area contributed by atoms with E-state index in [-0.39, 0.29) is 12.4 Å². The summed E-state index contributed by atoms with van der Waals surface area (Å²) in [6, 6.07) is 10.3. The highest BCUT2D eigenvalue weighted by molar-refractivity contribution is 5.81. The molecule has 170 valence electrons. The van der Waals surface area contributed by atoms with Crippen LogP contribution in [0, 0.1) is 0 Å². The monoisotopic (exact) mass is 447 g/mol. The second-order valence-electron chi connectivity index (χ2n) is 6.92. The molecule has 0 atom stereocenters. The molecule has 0 aliphatic rings. The van der Waals surface area contributed by atoms with Crippen molar-refractivity contribution >= 4 is 29.3 Å². The molecule has 0 aliphatic carbocycles. The number of aliphatic imine (C=N–C) groups is 1. The Hall–Kier alpha value is -3.53. The molecule has 2 aromatic carbocycles. The van der Waals surface area contributed by atoms with Gasteiger partial charge in [0.1, 0.15) is 12.4 Å². The molecule has 10 heteroatoms. The zero-order chi connectivity index (χ0) is 23.1. The Morgan fingerprint density at radius 2 is 2.06 bits per heavy atom. The van der Waals surface area contributed by atoms with Crippen LogP contribution in [0.1, 0.15) is 12.5 Å². The third-order valence-electron chi connectivity index (χ3n) is 4.54. The van der Waals surface area contributed by atoms with Crippen LogP contribution < -0.4 is 10.2 Å². The molecule has 0 unspecified atom stereocenters. The Balaban J connectivity index is 1.78. The number of ether oxygens (including phenoxy) is 1. The van der Waals surface area contributed by atoms with Gasteiger partial charge in [-0.2, -0.15) is 13.2 Å². The first-order valence-electron chi connectivity index (χ1n) is 9.81. The molecular weight excluding hydrogens is 423 g/mol. The number of imidazole rings is 1. The van der Waals surface area contributed by atoms with Crippen molar-refractivity contribution in [3.8, 4) is 5.75 Å². The predicted octanol–water partition coefficient (Wildman–Crippen LogP) is 4.70. The third kappa shape index (κ3) is 6.01. The van der Waals surface area contributed by atoms with Crippen molar-refractivity contribution in [1.82, 2.24) is 19.9 Å². The fraction of sp³-hybridized carbons (Fsp3) is 0.273. The molecule has 3 aromatic rings. The van der Waals surface area contributed by atoms with Crippen LogP contribution in [0.3, 0.4) is 0 Å². The molecule has 32 heavy (non-hydrogen) atoms. The first-order chi connectivity index (χ1) is 15.3. The van der Waals surface area contributed by atoms with E-state index < -0.39 is 11.7 Å². The minimum absolute atomic E-state index is 0.0411. The number of hydrogen-bond acceptors (Lipinski definition) is 5. The number of halogens is 3. The maximum atomic E-state index is 12.9. The first kappa shape index (κ1) is 23.1. The molecule has 0 saturated heterocycles. The van der Waals surface area contributed by atoms with Gasteiger partial charge in [0, 0.05) is 19.8 Å². The van der Waals surface area contributed by atoms with Crippen LogP contribution in [0.15, 0.2) is 59.5 Å². The maximum Gasteiger partial charge on any atom is 0.416 e. The van der Waals surface area contributed by atoms with Gasteiger partial charge in [-0.25, -0.2) is 9.98 Å². The number of alkyl halides is 3. The predicted molar refractivity (Wildman–Crippen MR) is 118 cm³/mol. The van der Waals surface area contributed by atoms with E-state index >= 15 is 0 Å². The molecule has 1 aromatic heterocycles. The molecule has 1 N–H and O–H groups in total. The van der Waals surface area contributed by atoms with Crippen LogP contribution in [-0.2, 0) is 11.0 Å². The van der Waals surface area contributed by atoms with Crippen molar-refractivity contribution in [3.63, 3.8) is 0 Å². The summed E-state index contributed by atoms with van der Waals surface area (Å²) in [4.78, 5) is 15.7. The summed E-state index contributed by atoms with van der Waals surface area (Å²) in [7, 11) is 3.37. The summed E-state index contributed by atoms with van der Waals surface area (Å²) in [5.41, 5.74) is 4.73. The zero-order valence-corrected chi connectivity index (χ0v) is 17.9. The van der Waals surface area contributed by atoms with E-state index in [0.29, 0.717) is 5.70 Å². The molecule has 7 nitrogen and oxygen atoms in total. The van der Waals surface area contributed by atoms with E-state index in [1.807, 2.05) is 37.1 Å². The standard InChI is InChI=1S/C22H24F3N5O2/c1-4-29(2)14-26-17-8-9-21-20(11-17)27-15-30(21)12-18(28-31-3)13-32-19-7-5-6-16(10-19)22(23,24)25/h5-12,14-15,28H,4,13H2,1-3H3. The van der Waals surface area contributed by atoms with Crippen LogP contribution in [0.4, 0.5) is 18.9 Å². The lowest BCUT2D eigenvalue weighted by Crippen LogP contribution is -2.18. The first-order valence-corrected chi connectivity index (χ1v) is 9.81. The van der Waals surface area contributed by atoms with Gasteiger partial charge in [-0.1, -0.05) is 6.07 Å². The summed E-state index contributed by atoms with van der Waals surface area (Å²) >= 11 is 0. The van der Waals surface area contributed by atoms with E-state index in [1.54, 1.807) is 23.4 Å². The molecule has 0 saturated carbocycles. The van der Waals surface area contributed by atoms with Crippen LogP contribution >= 0.6 is 0 Å². The fourth-order valence-electron chi connectivity index (χ4n) is 2.77. The average Bonchev–Trinajstić information content (AvgIpc) is 3.17. The lowest BCUT2D eigenvalue weighted by molar-refractivity contribution is -0.137. The third-order valence-corrected chi connectivity index (χ3v) is 4.54. The molecular formula is C22H24F3N5O2. The van der Waals surface area contributed by atoms with E-state index in [4.69, 9.17) is 9.57 Å².